The molecule has 0 bridgehead atoms. The minimum Gasteiger partial charge on any atom is -0.631 e. The van der Waals surface area contributed by atoms with Gasteiger partial charge in [0.2, 0.25) is 7.94 Å². The fourth-order valence-corrected chi connectivity index (χ4v) is 3.14. The Morgan fingerprint density at radius 3 is 2.26 bits per heavy atom. The molecule has 0 heterocycles. The SMILES string of the molecule is CCO[P+]([O-])(CC(=O)NCCCCCC[NH3+])OCC. The number of nitrogens with one attached hydrogen (secondary N) is 1. The summed E-state index contributed by atoms with van der Waals surface area (Å²) in [5.41, 5.74) is 3.78. The molecule has 0 radical (unpaired) electrons. The van der Waals surface area contributed by atoms with Gasteiger partial charge in [0.1, 0.15) is 0 Å². The van der Waals surface area contributed by atoms with Gasteiger partial charge in [0.15, 0.2) is 6.16 Å². The quantitative estimate of drug-likeness (QED) is 0.394. The van der Waals surface area contributed by atoms with E-state index in [0.717, 1.165) is 32.2 Å². The lowest BCUT2D eigenvalue weighted by molar-refractivity contribution is -0.368. The number of rotatable bonds is 12. The maximum atomic E-state index is 12.1. The summed E-state index contributed by atoms with van der Waals surface area (Å²) in [7, 11) is -3.26. The molecular weight excluding hydrogens is 267 g/mol. The topological polar surface area (TPSA) is 98.3 Å². The van der Waals surface area contributed by atoms with Crippen LogP contribution in [0.15, 0.2) is 0 Å². The van der Waals surface area contributed by atoms with Crippen molar-refractivity contribution >= 4 is 13.9 Å². The van der Waals surface area contributed by atoms with Crippen molar-refractivity contribution in [3.05, 3.63) is 0 Å². The van der Waals surface area contributed by atoms with Gasteiger partial charge >= 0.3 is 0 Å². The maximum Gasteiger partial charge on any atom is 0.262 e. The van der Waals surface area contributed by atoms with Crippen LogP contribution in [0.2, 0.25) is 0 Å². The predicted octanol–water partition coefficient (Wildman–Crippen LogP) is 0.101. The number of hydrogen-bond donors (Lipinski definition) is 2. The molecule has 0 aliphatic carbocycles. The second-order valence-electron chi connectivity index (χ2n) is 4.22. The summed E-state index contributed by atoms with van der Waals surface area (Å²) < 4.78 is 10.1. The normalized spacial score (nSPS) is 11.6. The van der Waals surface area contributed by atoms with E-state index in [-0.39, 0.29) is 25.3 Å². The first-order chi connectivity index (χ1) is 9.08. The van der Waals surface area contributed by atoms with Crippen molar-refractivity contribution in [1.82, 2.24) is 5.32 Å². The molecule has 0 aromatic rings. The van der Waals surface area contributed by atoms with Crippen molar-refractivity contribution in [3.63, 3.8) is 0 Å². The fraction of sp³-hybridized carbons (Fsp3) is 0.917. The van der Waals surface area contributed by atoms with E-state index in [9.17, 15) is 9.69 Å². The van der Waals surface area contributed by atoms with Gasteiger partial charge in [0, 0.05) is 6.54 Å². The summed E-state index contributed by atoms with van der Waals surface area (Å²) in [5.74, 6) is -0.276. The summed E-state index contributed by atoms with van der Waals surface area (Å²) in [6, 6.07) is 0. The van der Waals surface area contributed by atoms with Crippen molar-refractivity contribution in [2.75, 3.05) is 32.5 Å². The van der Waals surface area contributed by atoms with Crippen molar-refractivity contribution in [2.24, 2.45) is 0 Å². The molecule has 6 nitrogen and oxygen atoms in total. The molecule has 0 rings (SSSR count). The molecule has 114 valence electrons. The molecule has 1 amide bonds. The summed E-state index contributed by atoms with van der Waals surface area (Å²) in [6.07, 6.45) is 4.06. The number of unbranched alkanes of at least 4 members (excludes halogenated alkanes) is 3. The van der Waals surface area contributed by atoms with Gasteiger partial charge in [0.25, 0.3) is 5.91 Å². The summed E-state index contributed by atoms with van der Waals surface area (Å²) in [6.45, 7) is 5.57. The molecule has 7 heteroatoms. The summed E-state index contributed by atoms with van der Waals surface area (Å²) in [4.78, 5) is 23.7. The van der Waals surface area contributed by atoms with E-state index in [4.69, 9.17) is 9.05 Å². The zero-order chi connectivity index (χ0) is 14.6. The van der Waals surface area contributed by atoms with Crippen LogP contribution in [0.3, 0.4) is 0 Å². The van der Waals surface area contributed by atoms with Crippen LogP contribution in [0, 0.1) is 0 Å². The lowest BCUT2D eigenvalue weighted by Gasteiger charge is -2.25. The highest BCUT2D eigenvalue weighted by atomic mass is 31.2. The highest BCUT2D eigenvalue weighted by Crippen LogP contribution is 2.51. The molecule has 0 unspecified atom stereocenters. The van der Waals surface area contributed by atoms with Gasteiger partial charge in [-0.15, -0.1) is 0 Å². The van der Waals surface area contributed by atoms with Gasteiger partial charge in [-0.3, -0.25) is 4.79 Å². The third-order valence-electron chi connectivity index (χ3n) is 2.49. The maximum absolute atomic E-state index is 12.1. The zero-order valence-electron chi connectivity index (χ0n) is 12.2. The largest absolute Gasteiger partial charge is 0.631 e. The number of carbonyl (C=O) groups excluding carboxylic acids is 1. The molecule has 0 aliphatic heterocycles. The first-order valence-corrected chi connectivity index (χ1v) is 8.74. The van der Waals surface area contributed by atoms with Gasteiger partial charge in [-0.05, 0) is 33.1 Å². The molecule has 19 heavy (non-hydrogen) atoms. The van der Waals surface area contributed by atoms with Crippen LogP contribution in [0.25, 0.3) is 0 Å². The van der Waals surface area contributed by atoms with Crippen LogP contribution in [0.4, 0.5) is 0 Å². The first kappa shape index (κ1) is 18.7. The molecule has 0 saturated carbocycles. The Hall–Kier alpha value is -0.260. The van der Waals surface area contributed by atoms with Crippen LogP contribution in [0.1, 0.15) is 39.5 Å². The smallest absolute Gasteiger partial charge is 0.262 e. The monoisotopic (exact) mass is 295 g/mol. The van der Waals surface area contributed by atoms with E-state index in [0.29, 0.717) is 6.54 Å². The number of carbonyl (C=O) groups is 1. The lowest BCUT2D eigenvalue weighted by Crippen LogP contribution is -2.50. The van der Waals surface area contributed by atoms with Crippen molar-refractivity contribution in [3.8, 4) is 0 Å². The summed E-state index contributed by atoms with van der Waals surface area (Å²) >= 11 is 0. The van der Waals surface area contributed by atoms with E-state index in [2.05, 4.69) is 11.1 Å². The molecule has 0 saturated heterocycles. The predicted molar refractivity (Wildman–Crippen MR) is 74.3 cm³/mol. The Morgan fingerprint density at radius 2 is 1.74 bits per heavy atom. The Bertz CT molecular complexity index is 236. The van der Waals surface area contributed by atoms with Gasteiger partial charge in [-0.25, -0.2) is 9.05 Å². The molecule has 0 aliphatic rings. The zero-order valence-corrected chi connectivity index (χ0v) is 13.0. The van der Waals surface area contributed by atoms with Crippen LogP contribution in [0.5, 0.6) is 0 Å². The van der Waals surface area contributed by atoms with E-state index in [1.807, 2.05) is 0 Å². The first-order valence-electron chi connectivity index (χ1n) is 7.02. The second kappa shape index (κ2) is 11.6. The highest BCUT2D eigenvalue weighted by Gasteiger charge is 2.32. The Labute approximate surface area is 116 Å². The number of hydrogen-bond acceptors (Lipinski definition) is 4. The third kappa shape index (κ3) is 10.2. The van der Waals surface area contributed by atoms with Crippen LogP contribution in [-0.4, -0.2) is 38.4 Å². The molecule has 0 atom stereocenters. The molecule has 0 fully saturated rings. The van der Waals surface area contributed by atoms with Crippen molar-refractivity contribution in [2.45, 2.75) is 39.5 Å². The van der Waals surface area contributed by atoms with Gasteiger partial charge in [0.05, 0.1) is 19.8 Å². The van der Waals surface area contributed by atoms with Gasteiger partial charge in [-0.2, -0.15) is 0 Å². The fourth-order valence-electron chi connectivity index (χ4n) is 1.64. The van der Waals surface area contributed by atoms with Crippen LogP contribution < -0.4 is 15.9 Å². The highest BCUT2D eigenvalue weighted by molar-refractivity contribution is 7.60. The summed E-state index contributed by atoms with van der Waals surface area (Å²) in [5, 5.41) is 2.75. The average Bonchev–Trinajstić information content (AvgIpc) is 2.33. The van der Waals surface area contributed by atoms with E-state index < -0.39 is 7.94 Å². The standard InChI is InChI=1S/C12H27N2O4P/c1-3-17-19(16,18-4-2)11-12(15)14-10-8-6-5-7-9-13/h3-11,13H2,1-2H3,(H,14,15)/p+1. The van der Waals surface area contributed by atoms with Gasteiger partial charge < -0.3 is 15.9 Å². The minimum absolute atomic E-state index is 0.201. The van der Waals surface area contributed by atoms with Gasteiger partial charge in [-0.1, -0.05) is 6.42 Å². The molecule has 0 aromatic carbocycles. The average molecular weight is 295 g/mol. The Balaban J connectivity index is 3.81. The molecule has 4 N–H and O–H groups in total. The molecule has 0 aromatic heterocycles. The number of amides is 1. The Kier molecular flexibility index (Phi) is 11.4. The van der Waals surface area contributed by atoms with Crippen LogP contribution in [-0.2, 0) is 13.8 Å². The van der Waals surface area contributed by atoms with E-state index in [1.54, 1.807) is 13.8 Å². The third-order valence-corrected chi connectivity index (χ3v) is 4.47. The van der Waals surface area contributed by atoms with Crippen molar-refractivity contribution in [1.29, 1.82) is 0 Å². The molecular formula is C12H28N2O4P+. The minimum atomic E-state index is -3.26. The second-order valence-corrected chi connectivity index (χ2v) is 6.28. The Morgan fingerprint density at radius 1 is 1.16 bits per heavy atom. The number of quaternary nitrogens is 1. The van der Waals surface area contributed by atoms with Crippen molar-refractivity contribution < 1.29 is 24.5 Å². The van der Waals surface area contributed by atoms with E-state index >= 15 is 0 Å². The molecule has 0 spiro atoms. The van der Waals surface area contributed by atoms with E-state index in [1.165, 1.54) is 0 Å². The lowest BCUT2D eigenvalue weighted by atomic mass is 10.2. The van der Waals surface area contributed by atoms with Crippen LogP contribution >= 0.6 is 7.94 Å².